The molecule has 0 amide bonds. The van der Waals surface area contributed by atoms with Crippen LogP contribution in [-0.4, -0.2) is 26.3 Å². The van der Waals surface area contributed by atoms with Crippen molar-refractivity contribution in [1.29, 1.82) is 0 Å². The second kappa shape index (κ2) is 5.88. The molecule has 0 bridgehead atoms. The number of aryl methyl sites for hydroxylation is 1. The van der Waals surface area contributed by atoms with Gasteiger partial charge in [0.25, 0.3) is 0 Å². The second-order valence-corrected chi connectivity index (χ2v) is 4.67. The summed E-state index contributed by atoms with van der Waals surface area (Å²) in [7, 11) is 1.95. The summed E-state index contributed by atoms with van der Waals surface area (Å²) in [4.78, 5) is 4.29. The molecule has 0 aromatic carbocycles. The molecule has 1 N–H and O–H groups in total. The van der Waals surface area contributed by atoms with Gasteiger partial charge in [-0.25, -0.2) is 0 Å². The summed E-state index contributed by atoms with van der Waals surface area (Å²) < 4.78 is 2.93. The summed E-state index contributed by atoms with van der Waals surface area (Å²) in [5.41, 5.74) is 1.03. The molecule has 0 unspecified atom stereocenters. The van der Waals surface area contributed by atoms with E-state index in [1.54, 1.807) is 12.5 Å². The number of aromatic nitrogens is 4. The van der Waals surface area contributed by atoms with Crippen molar-refractivity contribution < 1.29 is 0 Å². The van der Waals surface area contributed by atoms with Crippen LogP contribution in [0.4, 0.5) is 0 Å². The highest BCUT2D eigenvalue weighted by molar-refractivity contribution is 9.10. The number of hydrogen-bond donors (Lipinski definition) is 1. The van der Waals surface area contributed by atoms with E-state index >= 15 is 0 Å². The smallest absolute Gasteiger partial charge is 0.133 e. The van der Waals surface area contributed by atoms with Crippen LogP contribution >= 0.6 is 15.9 Å². The van der Waals surface area contributed by atoms with Crippen LogP contribution in [0.3, 0.4) is 0 Å². The number of hydrogen-bond acceptors (Lipinski definition) is 4. The van der Waals surface area contributed by atoms with Gasteiger partial charge in [0.2, 0.25) is 0 Å². The van der Waals surface area contributed by atoms with Gasteiger partial charge in [0, 0.05) is 37.2 Å². The van der Waals surface area contributed by atoms with Crippen molar-refractivity contribution in [3.8, 4) is 0 Å². The zero-order valence-electron chi connectivity index (χ0n) is 9.60. The quantitative estimate of drug-likeness (QED) is 0.845. The minimum absolute atomic E-state index is 0.769. The number of nitrogens with zero attached hydrogens (tertiary/aromatic N) is 4. The van der Waals surface area contributed by atoms with E-state index in [0.29, 0.717) is 0 Å². The number of halogens is 1. The van der Waals surface area contributed by atoms with Gasteiger partial charge < -0.3 is 9.88 Å². The van der Waals surface area contributed by atoms with E-state index in [1.807, 2.05) is 23.7 Å². The Hall–Kier alpha value is -1.27. The van der Waals surface area contributed by atoms with Crippen LogP contribution in [0.1, 0.15) is 11.5 Å². The van der Waals surface area contributed by atoms with Crippen LogP contribution in [0.15, 0.2) is 29.1 Å². The van der Waals surface area contributed by atoms with Gasteiger partial charge in [0.15, 0.2) is 0 Å². The Morgan fingerprint density at radius 3 is 2.94 bits per heavy atom. The molecule has 2 aromatic heterocycles. The summed E-state index contributed by atoms with van der Waals surface area (Å²) in [6.45, 7) is 1.63. The third-order valence-electron chi connectivity index (χ3n) is 2.43. The van der Waals surface area contributed by atoms with Crippen LogP contribution in [0.5, 0.6) is 0 Å². The standard InChI is InChI=1S/C11H14BrN5/c1-17-8-15-16-11(17)4-5-13-7-10-3-2-9(12)6-14-10/h2-3,6,8,13H,4-5,7H2,1H3. The third kappa shape index (κ3) is 3.61. The van der Waals surface area contributed by atoms with Gasteiger partial charge in [0.1, 0.15) is 12.2 Å². The molecule has 0 spiro atoms. The first-order valence-electron chi connectivity index (χ1n) is 5.40. The number of rotatable bonds is 5. The molecule has 2 rings (SSSR count). The maximum atomic E-state index is 4.29. The minimum atomic E-state index is 0.769. The maximum absolute atomic E-state index is 4.29. The molecule has 2 aromatic rings. The zero-order valence-corrected chi connectivity index (χ0v) is 11.2. The molecule has 0 aliphatic rings. The lowest BCUT2D eigenvalue weighted by Gasteiger charge is -2.04. The Balaban J connectivity index is 1.73. The molecule has 5 nitrogen and oxygen atoms in total. The van der Waals surface area contributed by atoms with E-state index in [2.05, 4.69) is 36.4 Å². The monoisotopic (exact) mass is 295 g/mol. The Morgan fingerprint density at radius 1 is 1.41 bits per heavy atom. The lowest BCUT2D eigenvalue weighted by molar-refractivity contribution is 0.645. The van der Waals surface area contributed by atoms with Gasteiger partial charge in [0.05, 0.1) is 5.69 Å². The molecular formula is C11H14BrN5. The first-order valence-corrected chi connectivity index (χ1v) is 6.19. The van der Waals surface area contributed by atoms with Crippen molar-refractivity contribution in [2.75, 3.05) is 6.54 Å². The average molecular weight is 296 g/mol. The van der Waals surface area contributed by atoms with Crippen molar-refractivity contribution in [3.05, 3.63) is 40.6 Å². The first kappa shape index (κ1) is 12.2. The van der Waals surface area contributed by atoms with Crippen molar-refractivity contribution in [1.82, 2.24) is 25.1 Å². The van der Waals surface area contributed by atoms with Crippen molar-refractivity contribution in [3.63, 3.8) is 0 Å². The fraction of sp³-hybridized carbons (Fsp3) is 0.364. The molecule has 0 radical (unpaired) electrons. The van der Waals surface area contributed by atoms with Crippen molar-refractivity contribution in [2.24, 2.45) is 7.05 Å². The van der Waals surface area contributed by atoms with Crippen LogP contribution in [0.25, 0.3) is 0 Å². The van der Waals surface area contributed by atoms with Crippen molar-refractivity contribution >= 4 is 15.9 Å². The summed E-state index contributed by atoms with van der Waals surface area (Å²) >= 11 is 3.36. The minimum Gasteiger partial charge on any atom is -0.321 e. The zero-order chi connectivity index (χ0) is 12.1. The Labute approximate surface area is 108 Å². The van der Waals surface area contributed by atoms with E-state index in [-0.39, 0.29) is 0 Å². The number of pyridine rings is 1. The molecule has 0 aliphatic heterocycles. The number of nitrogens with one attached hydrogen (secondary N) is 1. The van der Waals surface area contributed by atoms with E-state index < -0.39 is 0 Å². The molecule has 6 heteroatoms. The lowest BCUT2D eigenvalue weighted by Crippen LogP contribution is -2.18. The fourth-order valence-corrected chi connectivity index (χ4v) is 1.70. The lowest BCUT2D eigenvalue weighted by atomic mass is 10.3. The van der Waals surface area contributed by atoms with E-state index in [4.69, 9.17) is 0 Å². The topological polar surface area (TPSA) is 55.6 Å². The first-order chi connectivity index (χ1) is 8.25. The SMILES string of the molecule is Cn1cnnc1CCNCc1ccc(Br)cn1. The van der Waals surface area contributed by atoms with Crippen molar-refractivity contribution in [2.45, 2.75) is 13.0 Å². The summed E-state index contributed by atoms with van der Waals surface area (Å²) in [5.74, 6) is 0.987. The maximum Gasteiger partial charge on any atom is 0.133 e. The largest absolute Gasteiger partial charge is 0.321 e. The fourth-order valence-electron chi connectivity index (χ4n) is 1.46. The average Bonchev–Trinajstić information content (AvgIpc) is 2.73. The molecular weight excluding hydrogens is 282 g/mol. The molecule has 0 atom stereocenters. The predicted octanol–water partition coefficient (Wildman–Crippen LogP) is 1.30. The highest BCUT2D eigenvalue weighted by Crippen LogP contribution is 2.06. The van der Waals surface area contributed by atoms with Crippen LogP contribution in [-0.2, 0) is 20.0 Å². The van der Waals surface area contributed by atoms with Gasteiger partial charge in [-0.1, -0.05) is 0 Å². The Kier molecular flexibility index (Phi) is 4.22. The highest BCUT2D eigenvalue weighted by atomic mass is 79.9. The van der Waals surface area contributed by atoms with Crippen LogP contribution in [0, 0.1) is 0 Å². The molecule has 0 fully saturated rings. The predicted molar refractivity (Wildman–Crippen MR) is 68.4 cm³/mol. The van der Waals surface area contributed by atoms with Gasteiger partial charge >= 0.3 is 0 Å². The van der Waals surface area contributed by atoms with Gasteiger partial charge in [-0.15, -0.1) is 10.2 Å². The third-order valence-corrected chi connectivity index (χ3v) is 2.89. The Morgan fingerprint density at radius 2 is 2.29 bits per heavy atom. The molecule has 90 valence electrons. The van der Waals surface area contributed by atoms with Crippen LogP contribution < -0.4 is 5.32 Å². The second-order valence-electron chi connectivity index (χ2n) is 3.75. The van der Waals surface area contributed by atoms with Gasteiger partial charge in [-0.2, -0.15) is 0 Å². The van der Waals surface area contributed by atoms with Gasteiger partial charge in [-0.05, 0) is 28.1 Å². The van der Waals surface area contributed by atoms with Crippen LogP contribution in [0.2, 0.25) is 0 Å². The van der Waals surface area contributed by atoms with E-state index in [0.717, 1.165) is 35.5 Å². The molecule has 17 heavy (non-hydrogen) atoms. The summed E-state index contributed by atoms with van der Waals surface area (Å²) in [6, 6.07) is 3.99. The molecule has 0 aliphatic carbocycles. The van der Waals surface area contributed by atoms with E-state index in [9.17, 15) is 0 Å². The summed E-state index contributed by atoms with van der Waals surface area (Å²) in [6.07, 6.45) is 4.39. The van der Waals surface area contributed by atoms with Gasteiger partial charge in [-0.3, -0.25) is 4.98 Å². The molecule has 2 heterocycles. The van der Waals surface area contributed by atoms with E-state index in [1.165, 1.54) is 0 Å². The molecule has 0 saturated heterocycles. The molecule has 0 saturated carbocycles. The Bertz CT molecular complexity index is 465. The summed E-state index contributed by atoms with van der Waals surface area (Å²) in [5, 5.41) is 11.2. The highest BCUT2D eigenvalue weighted by Gasteiger charge is 2.00. The normalized spacial score (nSPS) is 10.7.